The van der Waals surface area contributed by atoms with Gasteiger partial charge < -0.3 is 9.80 Å². The van der Waals surface area contributed by atoms with E-state index in [0.29, 0.717) is 31.2 Å². The van der Waals surface area contributed by atoms with E-state index in [0.717, 1.165) is 44.7 Å². The van der Waals surface area contributed by atoms with Crippen LogP contribution in [0.1, 0.15) is 48.8 Å². The molecule has 25 heavy (non-hydrogen) atoms. The minimum Gasteiger partial charge on any atom is -0.342 e. The van der Waals surface area contributed by atoms with Crippen molar-refractivity contribution in [1.29, 1.82) is 0 Å². The van der Waals surface area contributed by atoms with Gasteiger partial charge in [0.05, 0.1) is 6.54 Å². The van der Waals surface area contributed by atoms with Crippen LogP contribution in [0.5, 0.6) is 0 Å². The van der Waals surface area contributed by atoms with Crippen LogP contribution in [-0.2, 0) is 11.8 Å². The Kier molecular flexibility index (Phi) is 5.42. The second kappa shape index (κ2) is 7.56. The van der Waals surface area contributed by atoms with Crippen LogP contribution in [0, 0.1) is 0 Å². The van der Waals surface area contributed by atoms with Crippen LogP contribution in [0.15, 0.2) is 6.07 Å². The highest BCUT2D eigenvalue weighted by molar-refractivity contribution is 5.92. The summed E-state index contributed by atoms with van der Waals surface area (Å²) in [6.07, 6.45) is 2.24. The molecule has 3 heterocycles. The highest BCUT2D eigenvalue weighted by atomic mass is 16.2. The molecule has 0 unspecified atom stereocenters. The Hall–Kier alpha value is -1.89. The van der Waals surface area contributed by atoms with E-state index in [4.69, 9.17) is 0 Å². The number of nitrogens with zero attached hydrogens (tertiary/aromatic N) is 5. The van der Waals surface area contributed by atoms with Crippen molar-refractivity contribution in [2.75, 3.05) is 45.8 Å². The number of hydrogen-bond donors (Lipinski definition) is 0. The maximum absolute atomic E-state index is 12.7. The second-order valence-corrected chi connectivity index (χ2v) is 7.39. The van der Waals surface area contributed by atoms with Gasteiger partial charge in [0.2, 0.25) is 5.91 Å². The molecule has 0 bridgehead atoms. The van der Waals surface area contributed by atoms with E-state index in [1.54, 1.807) is 4.68 Å². The normalized spacial score (nSPS) is 19.0. The van der Waals surface area contributed by atoms with E-state index in [1.807, 2.05) is 22.9 Å². The van der Waals surface area contributed by atoms with Crippen LogP contribution in [-0.4, -0.2) is 82.1 Å². The first kappa shape index (κ1) is 17.9. The summed E-state index contributed by atoms with van der Waals surface area (Å²) in [6.45, 7) is 9.26. The lowest BCUT2D eigenvalue weighted by molar-refractivity contribution is -0.131. The van der Waals surface area contributed by atoms with E-state index in [1.165, 1.54) is 0 Å². The van der Waals surface area contributed by atoms with Gasteiger partial charge in [0, 0.05) is 52.0 Å². The van der Waals surface area contributed by atoms with Gasteiger partial charge in [0.15, 0.2) is 5.69 Å². The Morgan fingerprint density at radius 3 is 2.24 bits per heavy atom. The first-order valence-corrected chi connectivity index (χ1v) is 9.29. The van der Waals surface area contributed by atoms with Gasteiger partial charge >= 0.3 is 0 Å². The van der Waals surface area contributed by atoms with Crippen LogP contribution >= 0.6 is 0 Å². The lowest BCUT2D eigenvalue weighted by Crippen LogP contribution is -2.51. The average molecular weight is 347 g/mol. The third-order valence-electron chi connectivity index (χ3n) is 5.20. The Labute approximate surface area is 149 Å². The van der Waals surface area contributed by atoms with Crippen LogP contribution in [0.3, 0.4) is 0 Å². The van der Waals surface area contributed by atoms with Crippen LogP contribution < -0.4 is 0 Å². The van der Waals surface area contributed by atoms with Gasteiger partial charge in [-0.2, -0.15) is 5.10 Å². The molecule has 2 saturated heterocycles. The van der Waals surface area contributed by atoms with E-state index >= 15 is 0 Å². The number of aryl methyl sites for hydroxylation is 1. The molecule has 0 spiro atoms. The molecule has 7 heteroatoms. The summed E-state index contributed by atoms with van der Waals surface area (Å²) >= 11 is 0. The smallest absolute Gasteiger partial charge is 0.274 e. The fourth-order valence-electron chi connectivity index (χ4n) is 3.66. The Balaban J connectivity index is 1.52. The summed E-state index contributed by atoms with van der Waals surface area (Å²) in [6, 6.07) is 1.90. The zero-order valence-electron chi connectivity index (χ0n) is 15.6. The largest absolute Gasteiger partial charge is 0.342 e. The van der Waals surface area contributed by atoms with Crippen LogP contribution in [0.25, 0.3) is 0 Å². The van der Waals surface area contributed by atoms with Crippen molar-refractivity contribution >= 4 is 11.8 Å². The molecule has 2 fully saturated rings. The third kappa shape index (κ3) is 4.03. The molecular formula is C18H29N5O2. The second-order valence-electron chi connectivity index (χ2n) is 7.39. The molecule has 2 aliphatic rings. The summed E-state index contributed by atoms with van der Waals surface area (Å²) < 4.78 is 1.79. The van der Waals surface area contributed by atoms with Crippen molar-refractivity contribution in [3.8, 4) is 0 Å². The number of hydrogen-bond acceptors (Lipinski definition) is 4. The van der Waals surface area contributed by atoms with Gasteiger partial charge in [-0.25, -0.2) is 0 Å². The van der Waals surface area contributed by atoms with Gasteiger partial charge in [-0.3, -0.25) is 19.2 Å². The molecule has 0 saturated carbocycles. The summed E-state index contributed by atoms with van der Waals surface area (Å²) in [5.41, 5.74) is 1.59. The summed E-state index contributed by atoms with van der Waals surface area (Å²) in [4.78, 5) is 30.9. The van der Waals surface area contributed by atoms with Gasteiger partial charge in [0.25, 0.3) is 5.91 Å². The van der Waals surface area contributed by atoms with Gasteiger partial charge in [-0.15, -0.1) is 0 Å². The minimum absolute atomic E-state index is 0.00646. The quantitative estimate of drug-likeness (QED) is 0.813. The van der Waals surface area contributed by atoms with Crippen molar-refractivity contribution in [3.05, 3.63) is 17.5 Å². The number of piperazine rings is 1. The van der Waals surface area contributed by atoms with Crippen molar-refractivity contribution in [1.82, 2.24) is 24.5 Å². The van der Waals surface area contributed by atoms with E-state index in [2.05, 4.69) is 23.8 Å². The number of carbonyl (C=O) groups excluding carboxylic acids is 2. The maximum Gasteiger partial charge on any atom is 0.274 e. The predicted octanol–water partition coefficient (Wildman–Crippen LogP) is 0.924. The topological polar surface area (TPSA) is 61.7 Å². The minimum atomic E-state index is -0.00646. The lowest BCUT2D eigenvalue weighted by Gasteiger charge is -2.34. The van der Waals surface area contributed by atoms with Crippen molar-refractivity contribution in [3.63, 3.8) is 0 Å². The average Bonchev–Trinajstić information content (AvgIpc) is 3.24. The molecule has 1 aromatic rings. The Morgan fingerprint density at radius 1 is 1.04 bits per heavy atom. The molecule has 0 aromatic carbocycles. The zero-order valence-corrected chi connectivity index (χ0v) is 15.6. The summed E-state index contributed by atoms with van der Waals surface area (Å²) in [7, 11) is 1.88. The van der Waals surface area contributed by atoms with Gasteiger partial charge in [-0.05, 0) is 24.8 Å². The van der Waals surface area contributed by atoms with Gasteiger partial charge in [-0.1, -0.05) is 13.8 Å². The van der Waals surface area contributed by atoms with Gasteiger partial charge in [0.1, 0.15) is 0 Å². The highest BCUT2D eigenvalue weighted by Gasteiger charge is 2.27. The third-order valence-corrected chi connectivity index (χ3v) is 5.20. The number of likely N-dealkylation sites (tertiary alicyclic amines) is 1. The molecule has 0 N–H and O–H groups in total. The summed E-state index contributed by atoms with van der Waals surface area (Å²) in [5, 5.41) is 4.38. The van der Waals surface area contributed by atoms with E-state index in [9.17, 15) is 9.59 Å². The Bertz CT molecular complexity index is 625. The standard InChI is InChI=1S/C18H29N5O2/c1-14(2)16-12-15(19-20(16)3)18(25)23-10-8-21(9-11-23)13-17(24)22-6-4-5-7-22/h12,14H,4-11,13H2,1-3H3. The maximum atomic E-state index is 12.7. The molecule has 138 valence electrons. The lowest BCUT2D eigenvalue weighted by atomic mass is 10.1. The number of aromatic nitrogens is 2. The fraction of sp³-hybridized carbons (Fsp3) is 0.722. The fourth-order valence-corrected chi connectivity index (χ4v) is 3.66. The molecule has 3 rings (SSSR count). The highest BCUT2D eigenvalue weighted by Crippen LogP contribution is 2.17. The summed E-state index contributed by atoms with van der Waals surface area (Å²) in [5.74, 6) is 0.559. The predicted molar refractivity (Wildman–Crippen MR) is 95.5 cm³/mol. The zero-order chi connectivity index (χ0) is 18.0. The molecule has 2 amide bonds. The van der Waals surface area contributed by atoms with Crippen molar-refractivity contribution in [2.45, 2.75) is 32.6 Å². The van der Waals surface area contributed by atoms with Crippen molar-refractivity contribution in [2.24, 2.45) is 7.05 Å². The number of amides is 2. The van der Waals surface area contributed by atoms with Crippen LogP contribution in [0.2, 0.25) is 0 Å². The first-order chi connectivity index (χ1) is 12.0. The molecule has 7 nitrogen and oxygen atoms in total. The SMILES string of the molecule is CC(C)c1cc(C(=O)N2CCN(CC(=O)N3CCCC3)CC2)nn1C. The first-order valence-electron chi connectivity index (χ1n) is 9.29. The molecule has 0 atom stereocenters. The molecule has 2 aliphatic heterocycles. The number of rotatable bonds is 4. The van der Waals surface area contributed by atoms with E-state index < -0.39 is 0 Å². The monoisotopic (exact) mass is 347 g/mol. The number of carbonyl (C=O) groups is 2. The Morgan fingerprint density at radius 2 is 1.68 bits per heavy atom. The molecular weight excluding hydrogens is 318 g/mol. The van der Waals surface area contributed by atoms with Crippen LogP contribution in [0.4, 0.5) is 0 Å². The molecule has 0 radical (unpaired) electrons. The van der Waals surface area contributed by atoms with E-state index in [-0.39, 0.29) is 11.8 Å². The molecule has 0 aliphatic carbocycles. The molecule has 1 aromatic heterocycles. The van der Waals surface area contributed by atoms with Crippen molar-refractivity contribution < 1.29 is 9.59 Å².